The Kier molecular flexibility index (Phi) is 6.74. The molecule has 0 aromatic heterocycles. The van der Waals surface area contributed by atoms with Crippen LogP contribution in [0.15, 0.2) is 54.6 Å². The van der Waals surface area contributed by atoms with E-state index in [-0.39, 0.29) is 18.6 Å². The molecule has 39 heavy (non-hydrogen) atoms. The molecule has 8 heteroatoms. The quantitative estimate of drug-likeness (QED) is 0.466. The van der Waals surface area contributed by atoms with E-state index in [2.05, 4.69) is 22.5 Å². The number of hydrogen-bond donors (Lipinski definition) is 2. The predicted molar refractivity (Wildman–Crippen MR) is 149 cm³/mol. The van der Waals surface area contributed by atoms with E-state index in [0.717, 1.165) is 70.9 Å². The van der Waals surface area contributed by atoms with Gasteiger partial charge in [0, 0.05) is 24.5 Å². The van der Waals surface area contributed by atoms with E-state index in [1.807, 2.05) is 61.5 Å². The molecule has 0 radical (unpaired) electrons. The molecule has 2 aliphatic heterocycles. The van der Waals surface area contributed by atoms with Crippen molar-refractivity contribution in [1.82, 2.24) is 4.90 Å². The summed E-state index contributed by atoms with van der Waals surface area (Å²) in [6, 6.07) is 17.7. The number of anilines is 2. The first-order valence-electron chi connectivity index (χ1n) is 13.4. The maximum atomic E-state index is 13.5. The third-order valence-corrected chi connectivity index (χ3v) is 7.88. The van der Waals surface area contributed by atoms with Gasteiger partial charge in [-0.05, 0) is 90.9 Å². The van der Waals surface area contributed by atoms with Gasteiger partial charge in [-0.15, -0.1) is 0 Å². The Morgan fingerprint density at radius 2 is 1.56 bits per heavy atom. The molecule has 3 aromatic rings. The van der Waals surface area contributed by atoms with Crippen LogP contribution >= 0.6 is 0 Å². The molecule has 0 spiro atoms. The van der Waals surface area contributed by atoms with Gasteiger partial charge in [0.15, 0.2) is 11.5 Å². The predicted octanol–water partition coefficient (Wildman–Crippen LogP) is 4.64. The van der Waals surface area contributed by atoms with Crippen LogP contribution in [0.2, 0.25) is 0 Å². The number of benzene rings is 3. The third-order valence-electron chi connectivity index (χ3n) is 7.88. The summed E-state index contributed by atoms with van der Waals surface area (Å²) >= 11 is 0. The topological polar surface area (TPSA) is 89.1 Å². The number of carbonyl (C=O) groups is 2. The number of ether oxygens (including phenoxy) is 3. The fourth-order valence-electron chi connectivity index (χ4n) is 5.41. The number of nitrogens with zero attached hydrogens (tertiary/aromatic N) is 1. The van der Waals surface area contributed by atoms with Crippen molar-refractivity contribution in [1.29, 1.82) is 0 Å². The van der Waals surface area contributed by atoms with Gasteiger partial charge in [0.25, 0.3) is 0 Å². The summed E-state index contributed by atoms with van der Waals surface area (Å²) in [5, 5.41) is 6.18. The minimum Gasteiger partial charge on any atom is -0.454 e. The Bertz CT molecular complexity index is 1430. The molecule has 2 fully saturated rings. The van der Waals surface area contributed by atoms with Crippen LogP contribution < -0.4 is 20.1 Å². The molecule has 2 heterocycles. The van der Waals surface area contributed by atoms with Crippen LogP contribution in [-0.4, -0.2) is 56.4 Å². The van der Waals surface area contributed by atoms with Crippen molar-refractivity contribution >= 4 is 23.2 Å². The molecule has 0 unspecified atom stereocenters. The summed E-state index contributed by atoms with van der Waals surface area (Å²) in [5.74, 6) is 1.38. The van der Waals surface area contributed by atoms with Crippen LogP contribution in [-0.2, 0) is 19.7 Å². The maximum Gasteiger partial charge on any atom is 0.238 e. The SMILES string of the molecule is Cc1cc(NC(=O)CN2CCOCC2)ccc1-c1cc(NC(=O)C2(c3ccc4c(c3)OCO4)CC2)ccc1C. The second kappa shape index (κ2) is 10.4. The summed E-state index contributed by atoms with van der Waals surface area (Å²) in [7, 11) is 0. The number of hydrogen-bond acceptors (Lipinski definition) is 6. The molecule has 3 aromatic carbocycles. The van der Waals surface area contributed by atoms with Crippen LogP contribution in [0.4, 0.5) is 11.4 Å². The van der Waals surface area contributed by atoms with Crippen LogP contribution in [0, 0.1) is 13.8 Å². The molecule has 0 atom stereocenters. The normalized spacial score (nSPS) is 17.5. The van der Waals surface area contributed by atoms with E-state index in [1.165, 1.54) is 0 Å². The number of aryl methyl sites for hydroxylation is 2. The van der Waals surface area contributed by atoms with E-state index in [1.54, 1.807) is 0 Å². The molecule has 0 bridgehead atoms. The van der Waals surface area contributed by atoms with Crippen molar-refractivity contribution in [3.63, 3.8) is 0 Å². The van der Waals surface area contributed by atoms with Gasteiger partial charge in [0.1, 0.15) is 0 Å². The maximum absolute atomic E-state index is 13.5. The number of morpholine rings is 1. The highest BCUT2D eigenvalue weighted by molar-refractivity contribution is 6.02. The lowest BCUT2D eigenvalue weighted by Gasteiger charge is -2.25. The molecule has 1 saturated carbocycles. The molecule has 202 valence electrons. The zero-order chi connectivity index (χ0) is 27.0. The molecule has 6 rings (SSSR count). The Hall–Kier alpha value is -3.88. The summed E-state index contributed by atoms with van der Waals surface area (Å²) in [6.07, 6.45) is 1.60. The number of rotatable bonds is 7. The lowest BCUT2D eigenvalue weighted by molar-refractivity contribution is -0.119. The van der Waals surface area contributed by atoms with E-state index in [9.17, 15) is 9.59 Å². The van der Waals surface area contributed by atoms with Gasteiger partial charge < -0.3 is 24.8 Å². The van der Waals surface area contributed by atoms with Crippen LogP contribution in [0.1, 0.15) is 29.5 Å². The van der Waals surface area contributed by atoms with Crippen LogP contribution in [0.5, 0.6) is 11.5 Å². The molecule has 2 N–H and O–H groups in total. The summed E-state index contributed by atoms with van der Waals surface area (Å²) < 4.78 is 16.3. The first-order chi connectivity index (χ1) is 18.9. The van der Waals surface area contributed by atoms with Gasteiger partial charge in [-0.3, -0.25) is 14.5 Å². The number of carbonyl (C=O) groups excluding carboxylic acids is 2. The Morgan fingerprint density at radius 1 is 0.821 bits per heavy atom. The molecule has 2 amide bonds. The highest BCUT2D eigenvalue weighted by Crippen LogP contribution is 2.51. The van der Waals surface area contributed by atoms with E-state index in [0.29, 0.717) is 25.5 Å². The third kappa shape index (κ3) is 5.22. The fraction of sp³-hybridized carbons (Fsp3) is 0.355. The van der Waals surface area contributed by atoms with Gasteiger partial charge in [0.2, 0.25) is 18.6 Å². The molecule has 8 nitrogen and oxygen atoms in total. The van der Waals surface area contributed by atoms with E-state index >= 15 is 0 Å². The lowest BCUT2D eigenvalue weighted by Crippen LogP contribution is -2.41. The highest BCUT2D eigenvalue weighted by atomic mass is 16.7. The van der Waals surface area contributed by atoms with Crippen molar-refractivity contribution < 1.29 is 23.8 Å². The smallest absolute Gasteiger partial charge is 0.238 e. The number of fused-ring (bicyclic) bond motifs is 1. The molecule has 1 aliphatic carbocycles. The van der Waals surface area contributed by atoms with Crippen molar-refractivity contribution in [3.8, 4) is 22.6 Å². The van der Waals surface area contributed by atoms with Crippen molar-refractivity contribution in [2.45, 2.75) is 32.1 Å². The Balaban J connectivity index is 1.16. The standard InChI is InChI=1S/C31H33N3O5/c1-20-3-5-24(33-30(36)31(9-10-31)22-4-8-27-28(16-22)39-19-38-27)17-26(20)25-7-6-23(15-21(25)2)32-29(35)18-34-11-13-37-14-12-34/h3-8,15-17H,9-14,18-19H2,1-2H3,(H,32,35)(H,33,36). The van der Waals surface area contributed by atoms with Gasteiger partial charge in [-0.25, -0.2) is 0 Å². The van der Waals surface area contributed by atoms with Gasteiger partial charge in [-0.2, -0.15) is 0 Å². The molecule has 1 saturated heterocycles. The minimum atomic E-state index is -0.539. The minimum absolute atomic E-state index is 0.00813. The largest absolute Gasteiger partial charge is 0.454 e. The second-order valence-corrected chi connectivity index (χ2v) is 10.6. The number of nitrogens with one attached hydrogen (secondary N) is 2. The van der Waals surface area contributed by atoms with E-state index in [4.69, 9.17) is 14.2 Å². The zero-order valence-electron chi connectivity index (χ0n) is 22.3. The average Bonchev–Trinajstić information content (AvgIpc) is 3.61. The molecular weight excluding hydrogens is 494 g/mol. The summed E-state index contributed by atoms with van der Waals surface area (Å²) in [5.41, 5.74) is 6.21. The zero-order valence-corrected chi connectivity index (χ0v) is 22.3. The Morgan fingerprint density at radius 3 is 2.33 bits per heavy atom. The van der Waals surface area contributed by atoms with Gasteiger partial charge in [0.05, 0.1) is 25.2 Å². The second-order valence-electron chi connectivity index (χ2n) is 10.6. The van der Waals surface area contributed by atoms with Crippen LogP contribution in [0.25, 0.3) is 11.1 Å². The first kappa shape index (κ1) is 25.4. The Labute approximate surface area is 228 Å². The molecular formula is C31H33N3O5. The van der Waals surface area contributed by atoms with Crippen LogP contribution in [0.3, 0.4) is 0 Å². The first-order valence-corrected chi connectivity index (χ1v) is 13.4. The van der Waals surface area contributed by atoms with Crippen molar-refractivity contribution in [2.75, 3.05) is 50.3 Å². The van der Waals surface area contributed by atoms with E-state index < -0.39 is 5.41 Å². The summed E-state index contributed by atoms with van der Waals surface area (Å²) in [4.78, 5) is 28.1. The van der Waals surface area contributed by atoms with Gasteiger partial charge in [-0.1, -0.05) is 18.2 Å². The van der Waals surface area contributed by atoms with Crippen molar-refractivity contribution in [2.24, 2.45) is 0 Å². The monoisotopic (exact) mass is 527 g/mol. The highest BCUT2D eigenvalue weighted by Gasteiger charge is 2.51. The lowest BCUT2D eigenvalue weighted by atomic mass is 9.93. The summed E-state index contributed by atoms with van der Waals surface area (Å²) in [6.45, 7) is 7.55. The number of amides is 2. The fourth-order valence-corrected chi connectivity index (χ4v) is 5.41. The van der Waals surface area contributed by atoms with Crippen molar-refractivity contribution in [3.05, 3.63) is 71.3 Å². The molecule has 3 aliphatic rings. The average molecular weight is 528 g/mol. The van der Waals surface area contributed by atoms with Gasteiger partial charge >= 0.3 is 0 Å².